The van der Waals surface area contributed by atoms with E-state index in [2.05, 4.69) is 9.97 Å². The zero-order valence-corrected chi connectivity index (χ0v) is 15.6. The second kappa shape index (κ2) is 5.70. The maximum Gasteiger partial charge on any atom is 0.290 e. The molecule has 3 aliphatic rings. The number of halogens is 2. The van der Waals surface area contributed by atoms with Gasteiger partial charge in [-0.3, -0.25) is 4.79 Å². The number of amides is 1. The monoisotopic (exact) mass is 386 g/mol. The fourth-order valence-corrected chi connectivity index (χ4v) is 4.23. The molecule has 6 nitrogen and oxygen atoms in total. The van der Waals surface area contributed by atoms with Crippen LogP contribution < -0.4 is 4.90 Å². The fraction of sp³-hybridized carbons (Fsp3) is 0.450. The maximum atomic E-state index is 14.5. The number of benzene rings is 1. The first kappa shape index (κ1) is 17.5. The summed E-state index contributed by atoms with van der Waals surface area (Å²) in [6.07, 6.45) is -0.617. The van der Waals surface area contributed by atoms with Gasteiger partial charge in [-0.2, -0.15) is 8.78 Å². The standard InChI is InChI=1S/C20H20F2N4O2/c1-10-15(27)9-26(10)19-23-16(13-5-6-20(21,22)17(13)24-19)11-3-4-12-8-25(2)18(28)14(12)7-11/h3-4,7,10,15,27H,5-6,8-9H2,1-2H3/t10-,15+/m0/s1. The number of carbonyl (C=O) groups is 1. The largest absolute Gasteiger partial charge is 0.389 e. The molecule has 2 atom stereocenters. The molecule has 1 amide bonds. The second-order valence-corrected chi connectivity index (χ2v) is 7.90. The highest BCUT2D eigenvalue weighted by Gasteiger charge is 2.45. The van der Waals surface area contributed by atoms with Gasteiger partial charge in [0, 0.05) is 43.2 Å². The van der Waals surface area contributed by atoms with Gasteiger partial charge in [-0.1, -0.05) is 12.1 Å². The van der Waals surface area contributed by atoms with Crippen molar-refractivity contribution < 1.29 is 18.7 Å². The summed E-state index contributed by atoms with van der Waals surface area (Å²) in [5.41, 5.74) is 2.83. The molecule has 1 aromatic carbocycles. The average molecular weight is 386 g/mol. The molecule has 5 rings (SSSR count). The van der Waals surface area contributed by atoms with Crippen LogP contribution in [0.15, 0.2) is 18.2 Å². The van der Waals surface area contributed by atoms with E-state index in [0.29, 0.717) is 35.5 Å². The number of anilines is 1. The minimum Gasteiger partial charge on any atom is -0.389 e. The van der Waals surface area contributed by atoms with Gasteiger partial charge in [0.25, 0.3) is 11.8 Å². The lowest BCUT2D eigenvalue weighted by molar-refractivity contribution is -0.00603. The Kier molecular flexibility index (Phi) is 3.56. The van der Waals surface area contributed by atoms with Gasteiger partial charge in [-0.05, 0) is 25.0 Å². The van der Waals surface area contributed by atoms with Crippen LogP contribution in [0.3, 0.4) is 0 Å². The number of aromatic nitrogens is 2. The van der Waals surface area contributed by atoms with Crippen LogP contribution in [-0.2, 0) is 18.9 Å². The van der Waals surface area contributed by atoms with Crippen LogP contribution >= 0.6 is 0 Å². The molecule has 2 aromatic rings. The number of fused-ring (bicyclic) bond motifs is 2. The SMILES string of the molecule is C[C@H]1[C@H](O)CN1c1nc(-c2ccc3c(c2)C(=O)N(C)C3)c2c(n1)C(F)(F)CC2. The summed E-state index contributed by atoms with van der Waals surface area (Å²) in [5, 5.41) is 9.80. The van der Waals surface area contributed by atoms with Crippen LogP contribution in [0, 0.1) is 0 Å². The third kappa shape index (κ3) is 2.37. The van der Waals surface area contributed by atoms with E-state index in [1.54, 1.807) is 22.9 Å². The molecular formula is C20H20F2N4O2. The Balaban J connectivity index is 1.66. The molecule has 0 unspecified atom stereocenters. The van der Waals surface area contributed by atoms with Crippen molar-refractivity contribution in [1.82, 2.24) is 14.9 Å². The molecule has 28 heavy (non-hydrogen) atoms. The summed E-state index contributed by atoms with van der Waals surface area (Å²) >= 11 is 0. The Labute approximate surface area is 160 Å². The topological polar surface area (TPSA) is 69.6 Å². The van der Waals surface area contributed by atoms with Crippen molar-refractivity contribution in [2.24, 2.45) is 0 Å². The molecule has 8 heteroatoms. The Hall–Kier alpha value is -2.61. The van der Waals surface area contributed by atoms with Crippen LogP contribution in [0.5, 0.6) is 0 Å². The van der Waals surface area contributed by atoms with Gasteiger partial charge in [0.15, 0.2) is 0 Å². The number of nitrogens with zero attached hydrogens (tertiary/aromatic N) is 4. The number of β-amino-alcohol motifs (C(OH)–C–C–N with tert-alkyl or cyclic N) is 1. The third-order valence-corrected chi connectivity index (χ3v) is 6.09. The minimum absolute atomic E-state index is 0.0763. The van der Waals surface area contributed by atoms with Crippen LogP contribution in [-0.4, -0.2) is 51.6 Å². The first-order valence-electron chi connectivity index (χ1n) is 9.39. The number of alkyl halides is 2. The highest BCUT2D eigenvalue weighted by molar-refractivity contribution is 5.99. The first-order valence-corrected chi connectivity index (χ1v) is 9.39. The molecule has 0 radical (unpaired) electrons. The van der Waals surface area contributed by atoms with E-state index in [1.165, 1.54) is 0 Å². The lowest BCUT2D eigenvalue weighted by atomic mass is 9.99. The van der Waals surface area contributed by atoms with Gasteiger partial charge >= 0.3 is 0 Å². The Bertz CT molecular complexity index is 1010. The van der Waals surface area contributed by atoms with Crippen molar-refractivity contribution in [1.29, 1.82) is 0 Å². The number of carbonyl (C=O) groups excluding carboxylic acids is 1. The van der Waals surface area contributed by atoms with Crippen molar-refractivity contribution in [2.75, 3.05) is 18.5 Å². The fourth-order valence-electron chi connectivity index (χ4n) is 4.23. The smallest absolute Gasteiger partial charge is 0.290 e. The Morgan fingerprint density at radius 2 is 2.07 bits per heavy atom. The number of hydrogen-bond donors (Lipinski definition) is 1. The molecule has 3 heterocycles. The molecule has 1 saturated heterocycles. The molecule has 1 N–H and O–H groups in total. The maximum absolute atomic E-state index is 14.5. The van der Waals surface area contributed by atoms with E-state index in [4.69, 9.17) is 0 Å². The van der Waals surface area contributed by atoms with Gasteiger partial charge in [-0.25, -0.2) is 9.97 Å². The van der Waals surface area contributed by atoms with E-state index in [-0.39, 0.29) is 36.4 Å². The first-order chi connectivity index (χ1) is 13.3. The highest BCUT2D eigenvalue weighted by atomic mass is 19.3. The predicted octanol–water partition coefficient (Wildman–Crippen LogP) is 2.34. The van der Waals surface area contributed by atoms with Gasteiger partial charge in [0.05, 0.1) is 17.8 Å². The minimum atomic E-state index is -3.00. The molecule has 1 fully saturated rings. The van der Waals surface area contributed by atoms with Gasteiger partial charge in [-0.15, -0.1) is 0 Å². The number of aliphatic hydroxyl groups is 1. The van der Waals surface area contributed by atoms with Crippen molar-refractivity contribution in [3.8, 4) is 11.3 Å². The quantitative estimate of drug-likeness (QED) is 0.858. The van der Waals surface area contributed by atoms with Gasteiger partial charge < -0.3 is 14.9 Å². The molecule has 146 valence electrons. The summed E-state index contributed by atoms with van der Waals surface area (Å²) in [4.78, 5) is 24.5. The van der Waals surface area contributed by atoms with Crippen LogP contribution in [0.1, 0.15) is 40.5 Å². The van der Waals surface area contributed by atoms with Crippen LogP contribution in [0.2, 0.25) is 0 Å². The van der Waals surface area contributed by atoms with Crippen molar-refractivity contribution in [3.63, 3.8) is 0 Å². The lowest BCUT2D eigenvalue weighted by Gasteiger charge is -2.43. The zero-order valence-electron chi connectivity index (χ0n) is 15.6. The average Bonchev–Trinajstić information content (AvgIpc) is 3.14. The molecule has 0 bridgehead atoms. The van der Waals surface area contributed by atoms with E-state index in [1.807, 2.05) is 19.1 Å². The molecule has 1 aromatic heterocycles. The molecule has 1 aliphatic carbocycles. The normalized spacial score (nSPS) is 25.0. The summed E-state index contributed by atoms with van der Waals surface area (Å²) in [5.74, 6) is -2.87. The van der Waals surface area contributed by atoms with E-state index in [9.17, 15) is 18.7 Å². The van der Waals surface area contributed by atoms with E-state index < -0.39 is 12.0 Å². The van der Waals surface area contributed by atoms with Crippen LogP contribution in [0.4, 0.5) is 14.7 Å². The second-order valence-electron chi connectivity index (χ2n) is 7.90. The summed E-state index contributed by atoms with van der Waals surface area (Å²) in [6.45, 7) is 2.67. The van der Waals surface area contributed by atoms with Crippen molar-refractivity contribution >= 4 is 11.9 Å². The van der Waals surface area contributed by atoms with Gasteiger partial charge in [0.2, 0.25) is 5.95 Å². The summed E-state index contributed by atoms with van der Waals surface area (Å²) in [6, 6.07) is 5.22. The summed E-state index contributed by atoms with van der Waals surface area (Å²) < 4.78 is 29.0. The number of aliphatic hydroxyl groups excluding tert-OH is 1. The van der Waals surface area contributed by atoms with Crippen LogP contribution in [0.25, 0.3) is 11.3 Å². The summed E-state index contributed by atoms with van der Waals surface area (Å²) in [7, 11) is 1.74. The highest BCUT2D eigenvalue weighted by Crippen LogP contribution is 2.45. The van der Waals surface area contributed by atoms with Gasteiger partial charge in [0.1, 0.15) is 5.69 Å². The number of hydrogen-bond acceptors (Lipinski definition) is 5. The molecule has 2 aliphatic heterocycles. The predicted molar refractivity (Wildman–Crippen MR) is 98.3 cm³/mol. The zero-order chi connectivity index (χ0) is 19.8. The molecule has 0 spiro atoms. The lowest BCUT2D eigenvalue weighted by Crippen LogP contribution is -2.59. The van der Waals surface area contributed by atoms with E-state index in [0.717, 1.165) is 5.56 Å². The van der Waals surface area contributed by atoms with Crippen molar-refractivity contribution in [3.05, 3.63) is 40.6 Å². The molecule has 0 saturated carbocycles. The number of rotatable bonds is 2. The Morgan fingerprint density at radius 1 is 1.29 bits per heavy atom. The third-order valence-electron chi connectivity index (χ3n) is 6.09. The molecular weight excluding hydrogens is 366 g/mol. The Morgan fingerprint density at radius 3 is 2.79 bits per heavy atom. The van der Waals surface area contributed by atoms with E-state index >= 15 is 0 Å². The van der Waals surface area contributed by atoms with Crippen molar-refractivity contribution in [2.45, 2.75) is 44.4 Å².